The summed E-state index contributed by atoms with van der Waals surface area (Å²) in [5.74, 6) is 0.584. The largest absolute Gasteiger partial charge is 1.00 e. The van der Waals surface area contributed by atoms with Crippen molar-refractivity contribution in [2.45, 2.75) is 39.5 Å². The van der Waals surface area contributed by atoms with Crippen molar-refractivity contribution < 1.29 is 33.3 Å². The van der Waals surface area contributed by atoms with Crippen molar-refractivity contribution in [1.82, 2.24) is 0 Å². The third-order valence-electron chi connectivity index (χ3n) is 1.68. The molecule has 0 aromatic heterocycles. The zero-order valence-corrected chi connectivity index (χ0v) is 9.60. The van der Waals surface area contributed by atoms with Crippen LogP contribution < -0.4 is 18.9 Å². The van der Waals surface area contributed by atoms with Gasteiger partial charge in [0.15, 0.2) is 0 Å². The molecule has 0 aliphatic heterocycles. The van der Waals surface area contributed by atoms with E-state index in [1.165, 1.54) is 0 Å². The molecule has 0 aliphatic carbocycles. The second kappa shape index (κ2) is 7.87. The van der Waals surface area contributed by atoms with E-state index in [2.05, 4.69) is 13.8 Å². The minimum absolute atomic E-state index is 0. The van der Waals surface area contributed by atoms with E-state index in [1.807, 2.05) is 0 Å². The normalized spacial score (nSPS) is 11.4. The zero-order valence-electron chi connectivity index (χ0n) is 9.78. The van der Waals surface area contributed by atoms with Gasteiger partial charge in [0.1, 0.15) is 0 Å². The first-order valence-corrected chi connectivity index (χ1v) is 5.98. The van der Waals surface area contributed by atoms with Crippen LogP contribution in [0.25, 0.3) is 0 Å². The summed E-state index contributed by atoms with van der Waals surface area (Å²) in [6, 6.07) is 0. The van der Waals surface area contributed by atoms with Crippen molar-refractivity contribution in [3.05, 3.63) is 0 Å². The molecule has 0 aliphatic rings. The number of hydrogen-bond donors (Lipinski definition) is 1. The van der Waals surface area contributed by atoms with Crippen LogP contribution in [0.3, 0.4) is 0 Å². The van der Waals surface area contributed by atoms with Gasteiger partial charge in [0.05, 0.1) is 5.75 Å². The molecule has 76 valence electrons. The number of hydrogen-bond acceptors (Lipinski definition) is 2. The Kier molecular flexibility index (Phi) is 9.66. The Bertz CT molecular complexity index is 205. The van der Waals surface area contributed by atoms with E-state index in [4.69, 9.17) is 4.55 Å². The molecule has 0 spiro atoms. The summed E-state index contributed by atoms with van der Waals surface area (Å²) in [4.78, 5) is 0. The van der Waals surface area contributed by atoms with Gasteiger partial charge in [-0.3, -0.25) is 4.55 Å². The molecule has 0 radical (unpaired) electrons. The van der Waals surface area contributed by atoms with Crippen LogP contribution >= 0.6 is 0 Å². The average Bonchev–Trinajstić information content (AvgIpc) is 1.83. The second-order valence-corrected chi connectivity index (χ2v) is 5.10. The molecule has 0 fully saturated rings. The van der Waals surface area contributed by atoms with Gasteiger partial charge in [-0.25, -0.2) is 0 Å². The molecule has 5 heteroatoms. The van der Waals surface area contributed by atoms with Crippen molar-refractivity contribution in [2.75, 3.05) is 5.75 Å². The van der Waals surface area contributed by atoms with Crippen molar-refractivity contribution in [1.29, 1.82) is 0 Å². The minimum Gasteiger partial charge on any atom is -1.00 e. The molecular weight excluding hydrogens is 183 g/mol. The van der Waals surface area contributed by atoms with Crippen LogP contribution in [0, 0.1) is 5.92 Å². The van der Waals surface area contributed by atoms with E-state index in [0.29, 0.717) is 12.3 Å². The number of rotatable bonds is 6. The molecular formula is C8H19LiO3S. The first-order chi connectivity index (χ1) is 5.42. The molecule has 0 heterocycles. The molecule has 0 saturated carbocycles. The maximum atomic E-state index is 10.3. The van der Waals surface area contributed by atoms with Gasteiger partial charge in [-0.15, -0.1) is 0 Å². The van der Waals surface area contributed by atoms with Gasteiger partial charge < -0.3 is 1.43 Å². The minimum atomic E-state index is -3.72. The fourth-order valence-electron chi connectivity index (χ4n) is 1.01. The monoisotopic (exact) mass is 202 g/mol. The second-order valence-electron chi connectivity index (χ2n) is 3.53. The van der Waals surface area contributed by atoms with Gasteiger partial charge in [0, 0.05) is 0 Å². The van der Waals surface area contributed by atoms with Crippen molar-refractivity contribution >= 4 is 10.1 Å². The topological polar surface area (TPSA) is 54.4 Å². The summed E-state index contributed by atoms with van der Waals surface area (Å²) >= 11 is 0. The Morgan fingerprint density at radius 3 is 2.15 bits per heavy atom. The van der Waals surface area contributed by atoms with Crippen LogP contribution in [0.4, 0.5) is 0 Å². The van der Waals surface area contributed by atoms with E-state index in [0.717, 1.165) is 19.3 Å². The van der Waals surface area contributed by atoms with Gasteiger partial charge in [-0.1, -0.05) is 33.1 Å². The molecule has 0 saturated heterocycles. The third kappa shape index (κ3) is 15.3. The summed E-state index contributed by atoms with van der Waals surface area (Å²) in [5, 5.41) is 0. The maximum Gasteiger partial charge on any atom is 1.00 e. The van der Waals surface area contributed by atoms with E-state index < -0.39 is 10.1 Å². The summed E-state index contributed by atoms with van der Waals surface area (Å²) < 4.78 is 29.0. The van der Waals surface area contributed by atoms with Crippen LogP contribution in [-0.4, -0.2) is 18.7 Å². The Morgan fingerprint density at radius 1 is 1.23 bits per heavy atom. The maximum absolute atomic E-state index is 10.3. The first-order valence-electron chi connectivity index (χ1n) is 4.37. The van der Waals surface area contributed by atoms with E-state index in [1.54, 1.807) is 0 Å². The molecule has 0 bridgehead atoms. The number of unbranched alkanes of at least 4 members (excludes halogenated alkanes) is 2. The summed E-state index contributed by atoms with van der Waals surface area (Å²) in [6.45, 7) is 4.28. The fourth-order valence-corrected chi connectivity index (χ4v) is 1.58. The zero-order chi connectivity index (χ0) is 9.61. The molecule has 0 aromatic rings. The van der Waals surface area contributed by atoms with E-state index in [-0.39, 0.29) is 26.0 Å². The fraction of sp³-hybridized carbons (Fsp3) is 1.00. The Labute approximate surface area is 94.7 Å². The summed E-state index contributed by atoms with van der Waals surface area (Å²) in [6.07, 6.45) is 3.64. The van der Waals surface area contributed by atoms with Crippen molar-refractivity contribution in [3.8, 4) is 0 Å². The van der Waals surface area contributed by atoms with E-state index in [9.17, 15) is 8.42 Å². The molecule has 1 N–H and O–H groups in total. The van der Waals surface area contributed by atoms with Gasteiger partial charge in [0.2, 0.25) is 0 Å². The molecule has 3 nitrogen and oxygen atoms in total. The molecule has 0 amide bonds. The van der Waals surface area contributed by atoms with Crippen LogP contribution in [-0.2, 0) is 10.1 Å². The van der Waals surface area contributed by atoms with Gasteiger partial charge in [0.25, 0.3) is 10.1 Å². The smallest absolute Gasteiger partial charge is 1.00 e. The van der Waals surface area contributed by atoms with Crippen LogP contribution in [0.2, 0.25) is 0 Å². The summed E-state index contributed by atoms with van der Waals surface area (Å²) in [5.41, 5.74) is 0. The van der Waals surface area contributed by atoms with Crippen LogP contribution in [0.5, 0.6) is 0 Å². The van der Waals surface area contributed by atoms with Gasteiger partial charge in [-0.2, -0.15) is 8.42 Å². The Hall–Kier alpha value is 0.507. The third-order valence-corrected chi connectivity index (χ3v) is 2.49. The average molecular weight is 202 g/mol. The molecule has 0 rings (SSSR count). The standard InChI is InChI=1S/C8H18O3S.Li.H/c1-8(2)6-4-3-5-7-12(9,10)11;;/h8H,3-7H2,1-2H3,(H,9,10,11);;/q;+1;-1. The van der Waals surface area contributed by atoms with Gasteiger partial charge in [-0.05, 0) is 12.3 Å². The Balaban J connectivity index is -0.000000605. The molecule has 13 heavy (non-hydrogen) atoms. The van der Waals surface area contributed by atoms with E-state index >= 15 is 0 Å². The van der Waals surface area contributed by atoms with Crippen LogP contribution in [0.15, 0.2) is 0 Å². The molecule has 0 atom stereocenters. The molecule has 0 unspecified atom stereocenters. The van der Waals surface area contributed by atoms with Crippen molar-refractivity contribution in [3.63, 3.8) is 0 Å². The predicted molar refractivity (Wildman–Crippen MR) is 50.8 cm³/mol. The summed E-state index contributed by atoms with van der Waals surface area (Å²) in [7, 11) is -3.72. The molecule has 0 aromatic carbocycles. The van der Waals surface area contributed by atoms with Crippen LogP contribution in [0.1, 0.15) is 41.0 Å². The predicted octanol–water partition coefficient (Wildman–Crippen LogP) is -0.793. The quantitative estimate of drug-likeness (QED) is 0.349. The van der Waals surface area contributed by atoms with Gasteiger partial charge >= 0.3 is 18.9 Å². The van der Waals surface area contributed by atoms with Crippen molar-refractivity contribution in [2.24, 2.45) is 5.92 Å². The Morgan fingerprint density at radius 2 is 1.77 bits per heavy atom. The SMILES string of the molecule is CC(C)CCCCCS(=O)(=O)O.[H-].[Li+]. The first kappa shape index (κ1) is 16.0.